The molecule has 3 aromatic heterocycles. The van der Waals surface area contributed by atoms with Crippen LogP contribution in [-0.4, -0.2) is 4.98 Å². The molecule has 0 spiro atoms. The molecule has 2 aromatic carbocycles. The first kappa shape index (κ1) is 19.0. The number of aromatic nitrogens is 2. The SMILES string of the molecule is Cc1cc2oc3ncccc3c2cc1-[n+]1c(C(C)(C)C)sc(-c2ccccc2)c1C. The number of hydrogen-bond acceptors (Lipinski definition) is 3. The highest BCUT2D eigenvalue weighted by atomic mass is 32.1. The maximum atomic E-state index is 6.01. The molecule has 0 saturated heterocycles. The molecule has 0 radical (unpaired) electrons. The van der Waals surface area contributed by atoms with Gasteiger partial charge in [-0.1, -0.05) is 41.7 Å². The summed E-state index contributed by atoms with van der Waals surface area (Å²) in [6, 6.07) is 19.1. The number of furan rings is 1. The van der Waals surface area contributed by atoms with E-state index < -0.39 is 0 Å². The van der Waals surface area contributed by atoms with Gasteiger partial charge in [-0.05, 0) is 51.5 Å². The molecule has 3 heterocycles. The van der Waals surface area contributed by atoms with Gasteiger partial charge in [0.05, 0.1) is 5.41 Å². The molecule has 0 amide bonds. The van der Waals surface area contributed by atoms with Crippen molar-refractivity contribution in [3.05, 3.63) is 77.1 Å². The van der Waals surface area contributed by atoms with Crippen molar-refractivity contribution in [3.8, 4) is 16.1 Å². The minimum absolute atomic E-state index is 0.0177. The molecule has 0 aliphatic heterocycles. The van der Waals surface area contributed by atoms with Crippen LogP contribution in [0.1, 0.15) is 37.0 Å². The summed E-state index contributed by atoms with van der Waals surface area (Å²) in [5.74, 6) is 0. The molecule has 0 aliphatic rings. The summed E-state index contributed by atoms with van der Waals surface area (Å²) in [5, 5.41) is 3.51. The van der Waals surface area contributed by atoms with Gasteiger partial charge in [0.2, 0.25) is 22.1 Å². The average Bonchev–Trinajstić information content (AvgIpc) is 3.25. The minimum atomic E-state index is 0.0177. The molecule has 3 nitrogen and oxygen atoms in total. The van der Waals surface area contributed by atoms with Crippen molar-refractivity contribution in [2.45, 2.75) is 40.0 Å². The van der Waals surface area contributed by atoms with E-state index in [9.17, 15) is 0 Å². The largest absolute Gasteiger partial charge is 0.438 e. The van der Waals surface area contributed by atoms with Gasteiger partial charge in [-0.15, -0.1) is 0 Å². The van der Waals surface area contributed by atoms with Gasteiger partial charge in [0, 0.05) is 35.5 Å². The second kappa shape index (κ2) is 6.78. The summed E-state index contributed by atoms with van der Waals surface area (Å²) in [4.78, 5) is 5.72. The lowest BCUT2D eigenvalue weighted by atomic mass is 9.97. The fourth-order valence-corrected chi connectivity index (χ4v) is 5.41. The molecular weight excluding hydrogens is 388 g/mol. The van der Waals surface area contributed by atoms with Gasteiger partial charge in [0.25, 0.3) is 0 Å². The first-order valence-corrected chi connectivity index (χ1v) is 11.1. The summed E-state index contributed by atoms with van der Waals surface area (Å²) in [5.41, 5.74) is 6.53. The van der Waals surface area contributed by atoms with E-state index in [-0.39, 0.29) is 5.41 Å². The van der Waals surface area contributed by atoms with Crippen molar-refractivity contribution in [2.75, 3.05) is 0 Å². The lowest BCUT2D eigenvalue weighted by molar-refractivity contribution is -0.608. The summed E-state index contributed by atoms with van der Waals surface area (Å²) < 4.78 is 8.45. The molecule has 150 valence electrons. The molecule has 30 heavy (non-hydrogen) atoms. The van der Waals surface area contributed by atoms with Crippen LogP contribution in [-0.2, 0) is 5.41 Å². The van der Waals surface area contributed by atoms with E-state index in [4.69, 9.17) is 4.42 Å². The highest BCUT2D eigenvalue weighted by Gasteiger charge is 2.35. The summed E-state index contributed by atoms with van der Waals surface area (Å²) >= 11 is 1.89. The van der Waals surface area contributed by atoms with Gasteiger partial charge in [-0.2, -0.15) is 4.57 Å². The molecular formula is C26H25N2OS+. The highest BCUT2D eigenvalue weighted by Crippen LogP contribution is 2.37. The third kappa shape index (κ3) is 2.94. The normalized spacial score (nSPS) is 12.2. The Balaban J connectivity index is 1.83. The van der Waals surface area contributed by atoms with E-state index >= 15 is 0 Å². The van der Waals surface area contributed by atoms with E-state index in [0.717, 1.165) is 16.4 Å². The predicted molar refractivity (Wildman–Crippen MR) is 125 cm³/mol. The monoisotopic (exact) mass is 413 g/mol. The summed E-state index contributed by atoms with van der Waals surface area (Å²) in [6.45, 7) is 11.2. The second-order valence-electron chi connectivity index (χ2n) is 8.87. The first-order valence-electron chi connectivity index (χ1n) is 10.2. The van der Waals surface area contributed by atoms with Crippen LogP contribution in [0.4, 0.5) is 0 Å². The van der Waals surface area contributed by atoms with Crippen LogP contribution in [0.2, 0.25) is 0 Å². The molecule has 0 aliphatic carbocycles. The Hall–Kier alpha value is -2.98. The third-order valence-electron chi connectivity index (χ3n) is 5.55. The Bertz CT molecular complexity index is 1390. The zero-order valence-electron chi connectivity index (χ0n) is 18.0. The molecule has 0 atom stereocenters. The Morgan fingerprint density at radius 1 is 0.933 bits per heavy atom. The number of aryl methyl sites for hydroxylation is 1. The highest BCUT2D eigenvalue weighted by molar-refractivity contribution is 7.15. The number of benzene rings is 2. The Kier molecular flexibility index (Phi) is 4.30. The third-order valence-corrected chi connectivity index (χ3v) is 7.27. The summed E-state index contributed by atoms with van der Waals surface area (Å²) in [6.07, 6.45) is 1.78. The van der Waals surface area contributed by atoms with Crippen molar-refractivity contribution >= 4 is 33.4 Å². The Labute approximate surface area is 180 Å². The topological polar surface area (TPSA) is 29.9 Å². The van der Waals surface area contributed by atoms with Crippen LogP contribution in [0.5, 0.6) is 0 Å². The maximum Gasteiger partial charge on any atom is 0.249 e. The lowest BCUT2D eigenvalue weighted by Crippen LogP contribution is -2.41. The van der Waals surface area contributed by atoms with Crippen LogP contribution in [0.15, 0.2) is 65.2 Å². The number of rotatable bonds is 2. The number of hydrogen-bond donors (Lipinski definition) is 0. The van der Waals surface area contributed by atoms with Crippen LogP contribution in [0.25, 0.3) is 38.2 Å². The van der Waals surface area contributed by atoms with Crippen molar-refractivity contribution in [3.63, 3.8) is 0 Å². The predicted octanol–water partition coefficient (Wildman–Crippen LogP) is 6.90. The smallest absolute Gasteiger partial charge is 0.249 e. The number of nitrogens with zero attached hydrogens (tertiary/aromatic N) is 2. The number of pyridine rings is 1. The van der Waals surface area contributed by atoms with E-state index in [1.807, 2.05) is 17.4 Å². The van der Waals surface area contributed by atoms with Crippen LogP contribution >= 0.6 is 11.3 Å². The first-order chi connectivity index (χ1) is 14.3. The van der Waals surface area contributed by atoms with E-state index in [0.29, 0.717) is 5.71 Å². The van der Waals surface area contributed by atoms with Crippen molar-refractivity contribution in [2.24, 2.45) is 0 Å². The zero-order valence-corrected chi connectivity index (χ0v) is 18.8. The van der Waals surface area contributed by atoms with Crippen molar-refractivity contribution in [1.29, 1.82) is 0 Å². The van der Waals surface area contributed by atoms with E-state index in [1.165, 1.54) is 32.4 Å². The number of fused-ring (bicyclic) bond motifs is 3. The molecule has 5 rings (SSSR count). The molecule has 0 unspecified atom stereocenters. The molecule has 0 N–H and O–H groups in total. The van der Waals surface area contributed by atoms with Gasteiger partial charge in [-0.3, -0.25) is 0 Å². The van der Waals surface area contributed by atoms with E-state index in [2.05, 4.69) is 92.7 Å². The van der Waals surface area contributed by atoms with Gasteiger partial charge in [-0.25, -0.2) is 4.98 Å². The quantitative estimate of drug-likeness (QED) is 0.295. The molecule has 4 heteroatoms. The Morgan fingerprint density at radius 2 is 1.70 bits per heavy atom. The zero-order chi connectivity index (χ0) is 21.0. The molecule has 5 aromatic rings. The maximum absolute atomic E-state index is 6.01. The Morgan fingerprint density at radius 3 is 2.43 bits per heavy atom. The molecule has 0 fully saturated rings. The van der Waals surface area contributed by atoms with Gasteiger partial charge < -0.3 is 4.42 Å². The molecule has 0 bridgehead atoms. The van der Waals surface area contributed by atoms with Gasteiger partial charge in [0.15, 0.2) is 0 Å². The fraction of sp³-hybridized carbons (Fsp3) is 0.231. The number of thiazole rings is 1. The van der Waals surface area contributed by atoms with Crippen LogP contribution in [0.3, 0.4) is 0 Å². The summed E-state index contributed by atoms with van der Waals surface area (Å²) in [7, 11) is 0. The van der Waals surface area contributed by atoms with E-state index in [1.54, 1.807) is 6.20 Å². The standard InChI is InChI=1S/C26H25N2OS/c1-16-14-22-20(19-12-9-13-27-24(19)29-22)15-21(16)28-17(2)23(18-10-7-6-8-11-18)30-25(28)26(3,4)5/h6-15H,1-5H3/q+1. The lowest BCUT2D eigenvalue weighted by Gasteiger charge is -2.13. The minimum Gasteiger partial charge on any atom is -0.438 e. The van der Waals surface area contributed by atoms with Crippen LogP contribution in [0, 0.1) is 13.8 Å². The van der Waals surface area contributed by atoms with Gasteiger partial charge >= 0.3 is 0 Å². The fourth-order valence-electron chi connectivity index (χ4n) is 4.09. The average molecular weight is 414 g/mol. The van der Waals surface area contributed by atoms with Crippen molar-refractivity contribution in [1.82, 2.24) is 4.98 Å². The molecule has 0 saturated carbocycles. The second-order valence-corrected chi connectivity index (χ2v) is 9.87. The van der Waals surface area contributed by atoms with Crippen molar-refractivity contribution < 1.29 is 8.98 Å². The van der Waals surface area contributed by atoms with Crippen LogP contribution < -0.4 is 4.57 Å². The van der Waals surface area contributed by atoms with Gasteiger partial charge in [0.1, 0.15) is 10.5 Å².